The molecule has 0 aliphatic carbocycles. The van der Waals surface area contributed by atoms with Crippen LogP contribution in [0.2, 0.25) is 0 Å². The van der Waals surface area contributed by atoms with Gasteiger partial charge in [0.1, 0.15) is 6.04 Å². The van der Waals surface area contributed by atoms with Gasteiger partial charge < -0.3 is 9.45 Å². The molecule has 0 aromatic heterocycles. The minimum Gasteiger partial charge on any atom is -0.724 e. The second kappa shape index (κ2) is 7.10. The van der Waals surface area contributed by atoms with Crippen LogP contribution >= 0.6 is 0 Å². The van der Waals surface area contributed by atoms with E-state index in [4.69, 9.17) is 0 Å². The standard InChI is InChI=1S/C9H14N4O7S.Na/c1-5(14)10-11-8(15)7-3-2-6-4-12(7)9(16)13(6)20-21(17,18)19;/h6-7H,2-4H2,1H3,(H,10,14)(H,11,15)(H,17,18,19);/q;+1/p-1. The van der Waals surface area contributed by atoms with Gasteiger partial charge in [-0.25, -0.2) is 13.2 Å². The van der Waals surface area contributed by atoms with Crippen molar-refractivity contribution in [2.24, 2.45) is 0 Å². The number of nitrogens with one attached hydrogen (secondary N) is 2. The van der Waals surface area contributed by atoms with Crippen LogP contribution in [0.25, 0.3) is 0 Å². The van der Waals surface area contributed by atoms with Gasteiger partial charge in [-0.1, -0.05) is 0 Å². The summed E-state index contributed by atoms with van der Waals surface area (Å²) < 4.78 is 35.9. The third-order valence-electron chi connectivity index (χ3n) is 3.16. The fourth-order valence-electron chi connectivity index (χ4n) is 2.33. The molecule has 2 saturated heterocycles. The molecule has 2 unspecified atom stereocenters. The van der Waals surface area contributed by atoms with Gasteiger partial charge in [-0.15, -0.1) is 0 Å². The minimum atomic E-state index is -5.07. The van der Waals surface area contributed by atoms with Gasteiger partial charge in [0, 0.05) is 13.5 Å². The molecular formula is C9H13N4NaO7S. The normalized spacial score (nSPS) is 23.8. The first-order valence-electron chi connectivity index (χ1n) is 6.00. The Bertz CT molecular complexity index is 583. The van der Waals surface area contributed by atoms with Gasteiger partial charge in [0.05, 0.1) is 6.04 Å². The predicted molar refractivity (Wildman–Crippen MR) is 63.5 cm³/mol. The molecule has 2 N–H and O–H groups in total. The summed E-state index contributed by atoms with van der Waals surface area (Å²) in [5, 5.41) is 0.480. The molecule has 22 heavy (non-hydrogen) atoms. The van der Waals surface area contributed by atoms with Crippen LogP contribution in [0.3, 0.4) is 0 Å². The summed E-state index contributed by atoms with van der Waals surface area (Å²) in [4.78, 5) is 35.7. The first-order valence-corrected chi connectivity index (χ1v) is 7.34. The monoisotopic (exact) mass is 344 g/mol. The molecular weight excluding hydrogens is 331 g/mol. The average Bonchev–Trinajstić information content (AvgIpc) is 2.60. The third-order valence-corrected chi connectivity index (χ3v) is 3.50. The van der Waals surface area contributed by atoms with Crippen LogP contribution in [-0.4, -0.2) is 59.4 Å². The van der Waals surface area contributed by atoms with E-state index in [-0.39, 0.29) is 48.9 Å². The molecule has 0 saturated carbocycles. The van der Waals surface area contributed by atoms with Crippen molar-refractivity contribution in [1.82, 2.24) is 20.8 Å². The van der Waals surface area contributed by atoms with Crippen LogP contribution in [0.1, 0.15) is 19.8 Å². The van der Waals surface area contributed by atoms with Gasteiger partial charge in [0.25, 0.3) is 5.91 Å². The van der Waals surface area contributed by atoms with Crippen molar-refractivity contribution in [3.8, 4) is 0 Å². The Morgan fingerprint density at radius 3 is 2.50 bits per heavy atom. The van der Waals surface area contributed by atoms with Crippen LogP contribution in [0, 0.1) is 0 Å². The smallest absolute Gasteiger partial charge is 0.724 e. The maximum atomic E-state index is 12.0. The topological polar surface area (TPSA) is 148 Å². The van der Waals surface area contributed by atoms with E-state index >= 15 is 0 Å². The molecule has 2 bridgehead atoms. The van der Waals surface area contributed by atoms with E-state index in [2.05, 4.69) is 15.1 Å². The van der Waals surface area contributed by atoms with Gasteiger partial charge in [-0.2, -0.15) is 9.35 Å². The maximum absolute atomic E-state index is 12.0. The Morgan fingerprint density at radius 2 is 1.95 bits per heavy atom. The number of hydrogen-bond donors (Lipinski definition) is 2. The molecule has 0 aromatic rings. The molecule has 2 rings (SSSR count). The number of fused-ring (bicyclic) bond motifs is 2. The van der Waals surface area contributed by atoms with Crippen molar-refractivity contribution in [1.29, 1.82) is 0 Å². The Morgan fingerprint density at radius 1 is 1.32 bits per heavy atom. The molecule has 2 heterocycles. The van der Waals surface area contributed by atoms with E-state index < -0.39 is 40.3 Å². The molecule has 2 aliphatic rings. The molecule has 13 heteroatoms. The molecule has 2 aliphatic heterocycles. The molecule has 2 fully saturated rings. The third kappa shape index (κ3) is 4.30. The zero-order valence-electron chi connectivity index (χ0n) is 11.9. The number of nitrogens with zero attached hydrogens (tertiary/aromatic N) is 2. The van der Waals surface area contributed by atoms with Gasteiger partial charge in [-0.05, 0) is 12.8 Å². The van der Waals surface area contributed by atoms with Gasteiger partial charge in [0.15, 0.2) is 0 Å². The van der Waals surface area contributed by atoms with Gasteiger partial charge in [-0.3, -0.25) is 20.4 Å². The molecule has 11 nitrogen and oxygen atoms in total. The second-order valence-electron chi connectivity index (χ2n) is 4.66. The van der Waals surface area contributed by atoms with E-state index in [1.807, 2.05) is 0 Å². The number of rotatable bonds is 3. The van der Waals surface area contributed by atoms with Crippen molar-refractivity contribution >= 4 is 28.2 Å². The summed E-state index contributed by atoms with van der Waals surface area (Å²) >= 11 is 0. The van der Waals surface area contributed by atoms with E-state index in [1.54, 1.807) is 0 Å². The largest absolute Gasteiger partial charge is 1.00 e. The molecule has 2 atom stereocenters. The summed E-state index contributed by atoms with van der Waals surface area (Å²) in [6.45, 7) is 1.26. The summed E-state index contributed by atoms with van der Waals surface area (Å²) in [7, 11) is -5.07. The molecule has 4 amide bonds. The summed E-state index contributed by atoms with van der Waals surface area (Å²) in [6, 6.07) is -2.35. The fourth-order valence-corrected chi connectivity index (χ4v) is 2.72. The van der Waals surface area contributed by atoms with Crippen molar-refractivity contribution < 1.29 is 61.2 Å². The van der Waals surface area contributed by atoms with Crippen molar-refractivity contribution in [3.63, 3.8) is 0 Å². The van der Waals surface area contributed by atoms with Crippen LogP contribution in [0.4, 0.5) is 4.79 Å². The summed E-state index contributed by atoms with van der Waals surface area (Å²) in [5.74, 6) is -1.09. The van der Waals surface area contributed by atoms with Crippen molar-refractivity contribution in [2.75, 3.05) is 6.54 Å². The zero-order chi connectivity index (χ0) is 15.8. The molecule has 0 aromatic carbocycles. The number of hydrogen-bond acceptors (Lipinski definition) is 7. The number of urea groups is 1. The van der Waals surface area contributed by atoms with Crippen molar-refractivity contribution in [3.05, 3.63) is 0 Å². The van der Waals surface area contributed by atoms with E-state index in [0.29, 0.717) is 5.06 Å². The Labute approximate surface area is 148 Å². The molecule has 0 radical (unpaired) electrons. The first-order chi connectivity index (χ1) is 9.69. The summed E-state index contributed by atoms with van der Waals surface area (Å²) in [5.41, 5.74) is 4.24. The van der Waals surface area contributed by atoms with Crippen LogP contribution < -0.4 is 40.4 Å². The van der Waals surface area contributed by atoms with Crippen LogP contribution in [0.5, 0.6) is 0 Å². The Kier molecular flexibility index (Phi) is 6.18. The summed E-state index contributed by atoms with van der Waals surface area (Å²) in [6.07, 6.45) is 0.538. The predicted octanol–water partition coefficient (Wildman–Crippen LogP) is -5.18. The Hall–Kier alpha value is -0.920. The number of carbonyl (C=O) groups is 3. The van der Waals surface area contributed by atoms with E-state index in [9.17, 15) is 27.4 Å². The fraction of sp³-hybridized carbons (Fsp3) is 0.667. The Balaban J connectivity index is 0.00000242. The van der Waals surface area contributed by atoms with E-state index in [1.165, 1.54) is 6.92 Å². The first kappa shape index (κ1) is 19.1. The average molecular weight is 344 g/mol. The number of carbonyl (C=O) groups excluding carboxylic acids is 3. The SMILES string of the molecule is CC(=O)NNC(=O)C1CCC2CN1C(=O)N2OS(=O)(=O)[O-].[Na+]. The number of piperidine rings is 1. The number of amides is 4. The van der Waals surface area contributed by atoms with E-state index in [0.717, 1.165) is 4.90 Å². The quantitative estimate of drug-likeness (QED) is 0.225. The maximum Gasteiger partial charge on any atom is 1.00 e. The minimum absolute atomic E-state index is 0. The zero-order valence-corrected chi connectivity index (χ0v) is 14.8. The van der Waals surface area contributed by atoms with Crippen LogP contribution in [0.15, 0.2) is 0 Å². The molecule has 118 valence electrons. The van der Waals surface area contributed by atoms with Gasteiger partial charge in [0.2, 0.25) is 16.3 Å². The van der Waals surface area contributed by atoms with Crippen molar-refractivity contribution in [2.45, 2.75) is 31.8 Å². The van der Waals surface area contributed by atoms with Crippen LogP contribution in [-0.2, 0) is 24.3 Å². The number of hydrazine groups is 1. The second-order valence-corrected chi connectivity index (χ2v) is 5.63. The molecule has 0 spiro atoms. The van der Waals surface area contributed by atoms with Gasteiger partial charge >= 0.3 is 35.6 Å². The number of hydroxylamine groups is 2.